The third-order valence-corrected chi connectivity index (χ3v) is 6.80. The summed E-state index contributed by atoms with van der Waals surface area (Å²) in [7, 11) is 1.90. The Balaban J connectivity index is 1.42. The number of aryl methyl sites for hydroxylation is 1. The molecular formula is C22H31N3O2. The molecule has 1 heterocycles. The van der Waals surface area contributed by atoms with Crippen LogP contribution in [0.1, 0.15) is 62.1 Å². The molecule has 5 nitrogen and oxygen atoms in total. The summed E-state index contributed by atoms with van der Waals surface area (Å²) < 4.78 is 0. The van der Waals surface area contributed by atoms with Crippen LogP contribution in [-0.4, -0.2) is 40.9 Å². The van der Waals surface area contributed by atoms with E-state index in [4.69, 9.17) is 0 Å². The zero-order chi connectivity index (χ0) is 19.0. The average Bonchev–Trinajstić information content (AvgIpc) is 3.28. The maximum absolute atomic E-state index is 13.0. The van der Waals surface area contributed by atoms with E-state index >= 15 is 0 Å². The Morgan fingerprint density at radius 2 is 2.07 bits per heavy atom. The minimum absolute atomic E-state index is 0.00366. The Kier molecular flexibility index (Phi) is 4.97. The Morgan fingerprint density at radius 1 is 1.33 bits per heavy atom. The van der Waals surface area contributed by atoms with Gasteiger partial charge in [0, 0.05) is 25.6 Å². The number of carbonyl (C=O) groups excluding carboxylic acids is 1. The smallest absolute Gasteiger partial charge is 0.223 e. The second-order valence-corrected chi connectivity index (χ2v) is 8.78. The quantitative estimate of drug-likeness (QED) is 0.838. The SMILES string of the molecule is Cc1cccc(C(NC(=O)C2CC(O)(C3CC=NN3C)C2)C2CCCC2)c1. The van der Waals surface area contributed by atoms with Gasteiger partial charge in [-0.3, -0.25) is 9.80 Å². The predicted octanol–water partition coefficient (Wildman–Crippen LogP) is 3.17. The van der Waals surface area contributed by atoms with Gasteiger partial charge < -0.3 is 10.4 Å². The van der Waals surface area contributed by atoms with Crippen molar-refractivity contribution in [3.63, 3.8) is 0 Å². The zero-order valence-electron chi connectivity index (χ0n) is 16.4. The second-order valence-electron chi connectivity index (χ2n) is 8.78. The summed E-state index contributed by atoms with van der Waals surface area (Å²) in [6, 6.07) is 8.61. The lowest BCUT2D eigenvalue weighted by Crippen LogP contribution is -2.59. The number of nitrogens with zero attached hydrogens (tertiary/aromatic N) is 2. The number of amides is 1. The molecule has 2 atom stereocenters. The lowest BCUT2D eigenvalue weighted by atomic mass is 9.66. The largest absolute Gasteiger partial charge is 0.388 e. The van der Waals surface area contributed by atoms with Crippen LogP contribution in [0.5, 0.6) is 0 Å². The van der Waals surface area contributed by atoms with E-state index in [-0.39, 0.29) is 23.9 Å². The summed E-state index contributed by atoms with van der Waals surface area (Å²) in [6.45, 7) is 2.10. The molecule has 1 amide bonds. The van der Waals surface area contributed by atoms with Crippen LogP contribution in [0.4, 0.5) is 0 Å². The first-order chi connectivity index (χ1) is 13.0. The van der Waals surface area contributed by atoms with Crippen molar-refractivity contribution in [2.75, 3.05) is 7.05 Å². The van der Waals surface area contributed by atoms with Gasteiger partial charge in [-0.15, -0.1) is 0 Å². The highest BCUT2D eigenvalue weighted by atomic mass is 16.3. The molecule has 2 saturated carbocycles. The molecule has 2 unspecified atom stereocenters. The molecule has 0 aromatic heterocycles. The van der Waals surface area contributed by atoms with Gasteiger partial charge in [0.15, 0.2) is 0 Å². The van der Waals surface area contributed by atoms with Crippen LogP contribution in [0.15, 0.2) is 29.4 Å². The van der Waals surface area contributed by atoms with Gasteiger partial charge in [-0.2, -0.15) is 5.10 Å². The highest BCUT2D eigenvalue weighted by Gasteiger charge is 2.53. The summed E-state index contributed by atoms with van der Waals surface area (Å²) >= 11 is 0. The number of aliphatic hydroxyl groups is 1. The summed E-state index contributed by atoms with van der Waals surface area (Å²) in [4.78, 5) is 13.0. The van der Waals surface area contributed by atoms with Crippen LogP contribution < -0.4 is 5.32 Å². The maximum atomic E-state index is 13.0. The van der Waals surface area contributed by atoms with Crippen molar-refractivity contribution in [1.29, 1.82) is 0 Å². The molecular weight excluding hydrogens is 338 g/mol. The monoisotopic (exact) mass is 369 g/mol. The van der Waals surface area contributed by atoms with Crippen LogP contribution in [0.25, 0.3) is 0 Å². The average molecular weight is 370 g/mol. The molecule has 27 heavy (non-hydrogen) atoms. The number of carbonyl (C=O) groups is 1. The molecule has 146 valence electrons. The van der Waals surface area contributed by atoms with E-state index in [0.717, 1.165) is 6.42 Å². The minimum Gasteiger partial charge on any atom is -0.388 e. The van der Waals surface area contributed by atoms with E-state index in [1.165, 1.54) is 36.8 Å². The van der Waals surface area contributed by atoms with E-state index in [1.807, 2.05) is 18.3 Å². The third kappa shape index (κ3) is 3.62. The van der Waals surface area contributed by atoms with E-state index in [9.17, 15) is 9.90 Å². The van der Waals surface area contributed by atoms with Crippen molar-refractivity contribution in [3.05, 3.63) is 35.4 Å². The van der Waals surface area contributed by atoms with Crippen LogP contribution in [0, 0.1) is 18.8 Å². The molecule has 0 saturated heterocycles. The van der Waals surface area contributed by atoms with Crippen molar-refractivity contribution in [3.8, 4) is 0 Å². The molecule has 0 spiro atoms. The molecule has 1 aliphatic heterocycles. The van der Waals surface area contributed by atoms with Crippen molar-refractivity contribution in [2.45, 2.75) is 69.6 Å². The molecule has 1 aromatic carbocycles. The van der Waals surface area contributed by atoms with Crippen LogP contribution >= 0.6 is 0 Å². The number of nitrogens with one attached hydrogen (secondary N) is 1. The molecule has 5 heteroatoms. The van der Waals surface area contributed by atoms with E-state index in [1.54, 1.807) is 0 Å². The van der Waals surface area contributed by atoms with Gasteiger partial charge in [0.2, 0.25) is 5.91 Å². The summed E-state index contributed by atoms with van der Waals surface area (Å²) in [5.41, 5.74) is 1.65. The molecule has 0 bridgehead atoms. The molecule has 2 fully saturated rings. The second kappa shape index (κ2) is 7.27. The molecule has 1 aromatic rings. The number of rotatable bonds is 5. The van der Waals surface area contributed by atoms with Crippen LogP contribution in [-0.2, 0) is 4.79 Å². The number of likely N-dealkylation sites (N-methyl/N-ethyl adjacent to an activating group) is 1. The third-order valence-electron chi connectivity index (χ3n) is 6.80. The molecule has 3 aliphatic rings. The number of hydrogen-bond acceptors (Lipinski definition) is 4. The first kappa shape index (κ1) is 18.5. The molecule has 2 aliphatic carbocycles. The topological polar surface area (TPSA) is 64.9 Å². The minimum atomic E-state index is -0.792. The molecule has 2 N–H and O–H groups in total. The van der Waals surface area contributed by atoms with Gasteiger partial charge >= 0.3 is 0 Å². The normalized spacial score (nSPS) is 31.7. The van der Waals surface area contributed by atoms with Gasteiger partial charge in [-0.1, -0.05) is 42.7 Å². The highest BCUT2D eigenvalue weighted by molar-refractivity contribution is 5.80. The van der Waals surface area contributed by atoms with Crippen LogP contribution in [0.3, 0.4) is 0 Å². The van der Waals surface area contributed by atoms with E-state index in [2.05, 4.69) is 41.6 Å². The number of hydrazone groups is 1. The lowest BCUT2D eigenvalue weighted by molar-refractivity contribution is -0.153. The fraction of sp³-hybridized carbons (Fsp3) is 0.636. The first-order valence-electron chi connectivity index (χ1n) is 10.3. The van der Waals surface area contributed by atoms with Gasteiger partial charge in [0.25, 0.3) is 0 Å². The molecule has 4 rings (SSSR count). The predicted molar refractivity (Wildman–Crippen MR) is 106 cm³/mol. The zero-order valence-corrected chi connectivity index (χ0v) is 16.4. The maximum Gasteiger partial charge on any atom is 0.223 e. The van der Waals surface area contributed by atoms with Gasteiger partial charge in [0.1, 0.15) is 0 Å². The Labute approximate surface area is 161 Å². The van der Waals surface area contributed by atoms with Crippen molar-refractivity contribution in [2.24, 2.45) is 16.9 Å². The van der Waals surface area contributed by atoms with E-state index < -0.39 is 5.60 Å². The van der Waals surface area contributed by atoms with Crippen LogP contribution in [0.2, 0.25) is 0 Å². The van der Waals surface area contributed by atoms with Crippen molar-refractivity contribution in [1.82, 2.24) is 10.3 Å². The Morgan fingerprint density at radius 3 is 2.70 bits per heavy atom. The standard InChI is InChI=1S/C22H31N3O2/c1-15-6-5-9-17(12-15)20(16-7-3-4-8-16)24-21(26)18-13-22(27,14-18)19-10-11-23-25(19)2/h5-6,9,11-12,16,18-20,27H,3-4,7-8,10,13-14H2,1-2H3,(H,24,26). The summed E-state index contributed by atoms with van der Waals surface area (Å²) in [5.74, 6) is 0.515. The highest BCUT2D eigenvalue weighted by Crippen LogP contribution is 2.44. The fourth-order valence-electron chi connectivity index (χ4n) is 5.23. The van der Waals surface area contributed by atoms with Gasteiger partial charge in [-0.25, -0.2) is 0 Å². The first-order valence-corrected chi connectivity index (χ1v) is 10.3. The van der Waals surface area contributed by atoms with Crippen molar-refractivity contribution < 1.29 is 9.90 Å². The number of hydrogen-bond donors (Lipinski definition) is 2. The fourth-order valence-corrected chi connectivity index (χ4v) is 5.23. The Hall–Kier alpha value is -1.88. The van der Waals surface area contributed by atoms with Gasteiger partial charge in [0.05, 0.1) is 17.7 Å². The number of benzene rings is 1. The lowest BCUT2D eigenvalue weighted by Gasteiger charge is -2.48. The summed E-state index contributed by atoms with van der Waals surface area (Å²) in [6.07, 6.45) is 8.53. The van der Waals surface area contributed by atoms with E-state index in [0.29, 0.717) is 18.8 Å². The van der Waals surface area contributed by atoms with Gasteiger partial charge in [-0.05, 0) is 44.1 Å². The Bertz CT molecular complexity index is 720. The molecule has 0 radical (unpaired) electrons. The van der Waals surface area contributed by atoms with Crippen molar-refractivity contribution >= 4 is 12.1 Å². The summed E-state index contributed by atoms with van der Waals surface area (Å²) in [5, 5.41) is 20.3.